The molecule has 5 heavy (non-hydrogen) atoms. The molecule has 4 heteroatoms. The molecule has 0 aliphatic carbocycles. The Labute approximate surface area is 69.7 Å². The topological polar surface area (TPSA) is 49.8 Å². The monoisotopic (exact) mass is 120 g/mol. The van der Waals surface area contributed by atoms with Crippen molar-refractivity contribution >= 4 is 50.1 Å². The first-order chi connectivity index (χ1) is 1.41. The molecule has 0 aromatic rings. The van der Waals surface area contributed by atoms with Crippen molar-refractivity contribution in [2.24, 2.45) is 5.73 Å². The predicted octanol–water partition coefficient (Wildman–Crippen LogP) is -0.308. The molecule has 2 N–H and O–H groups in total. The van der Waals surface area contributed by atoms with Gasteiger partial charge in [-0.3, -0.25) is 0 Å². The molecule has 0 aromatic heterocycles. The molecule has 0 radical (unpaired) electrons. The van der Waals surface area contributed by atoms with Crippen LogP contribution < -0.4 is 5.73 Å². The summed E-state index contributed by atoms with van der Waals surface area (Å²) in [7, 11) is 0. The van der Waals surface area contributed by atoms with Crippen LogP contribution in [0.4, 0.5) is 0 Å². The van der Waals surface area contributed by atoms with Crippen molar-refractivity contribution < 1.29 is 2.85 Å². The van der Waals surface area contributed by atoms with E-state index < -0.39 is 0 Å². The fraction of sp³-hybridized carbons (Fsp3) is 0. The average molecular weight is 121 g/mol. The Kier molecular flexibility index (Phi) is 71.5. The van der Waals surface area contributed by atoms with Gasteiger partial charge in [-0.25, -0.2) is 0 Å². The summed E-state index contributed by atoms with van der Waals surface area (Å²) >= 11 is 0. The Morgan fingerprint density at radius 1 is 1.80 bits per heavy atom. The standard InChI is InChI=1S/CH2N2.Ca.ClH.2H/c2-1-3;;;;/h2H2;;1H;;/q;+2;;2*-1. The number of hydrogen-bond acceptors (Lipinski definition) is 2. The SMILES string of the molecule is Cl.N#CN.[Ca+2].[H-].[H-]. The van der Waals surface area contributed by atoms with Gasteiger partial charge in [0, 0.05) is 0 Å². The smallest absolute Gasteiger partial charge is 1.00 e. The number of nitrogens with two attached hydrogens (primary N) is 1. The molecule has 0 saturated heterocycles. The van der Waals surface area contributed by atoms with Crippen molar-refractivity contribution in [2.75, 3.05) is 0 Å². The summed E-state index contributed by atoms with van der Waals surface area (Å²) in [5, 5.41) is 7.10. The molecule has 0 heterocycles. The number of halogens is 1. The summed E-state index contributed by atoms with van der Waals surface area (Å²) in [6.07, 6.45) is 1.25. The third kappa shape index (κ3) is 55.3. The van der Waals surface area contributed by atoms with E-state index in [9.17, 15) is 0 Å². The van der Waals surface area contributed by atoms with Crippen LogP contribution in [0.15, 0.2) is 0 Å². The zero-order valence-corrected chi connectivity index (χ0v) is 5.66. The van der Waals surface area contributed by atoms with Gasteiger partial charge in [0.2, 0.25) is 0 Å². The number of nitrogens with zero attached hydrogens (tertiary/aromatic N) is 1. The van der Waals surface area contributed by atoms with E-state index in [1.54, 1.807) is 0 Å². The summed E-state index contributed by atoms with van der Waals surface area (Å²) in [4.78, 5) is 0. The van der Waals surface area contributed by atoms with Crippen LogP contribution in [0.25, 0.3) is 0 Å². The molecule has 0 aliphatic heterocycles. The van der Waals surface area contributed by atoms with E-state index in [-0.39, 0.29) is 53.0 Å². The van der Waals surface area contributed by atoms with E-state index in [2.05, 4.69) is 5.73 Å². The first kappa shape index (κ1) is 17.0. The van der Waals surface area contributed by atoms with Crippen LogP contribution in [-0.2, 0) is 0 Å². The molecule has 0 saturated carbocycles. The zero-order valence-electron chi connectivity index (χ0n) is 4.64. The van der Waals surface area contributed by atoms with E-state index >= 15 is 0 Å². The summed E-state index contributed by atoms with van der Waals surface area (Å²) in [6, 6.07) is 0. The number of rotatable bonds is 0. The van der Waals surface area contributed by atoms with Gasteiger partial charge in [0.05, 0.1) is 0 Å². The maximum atomic E-state index is 7.10. The second-order valence-electron chi connectivity index (χ2n) is 0.129. The molecule has 2 nitrogen and oxygen atoms in total. The summed E-state index contributed by atoms with van der Waals surface area (Å²) < 4.78 is 0. The molecule has 28 valence electrons. The fourth-order valence-electron chi connectivity index (χ4n) is 0. The van der Waals surface area contributed by atoms with Gasteiger partial charge in [-0.15, -0.1) is 12.4 Å². The van der Waals surface area contributed by atoms with Crippen LogP contribution in [-0.4, -0.2) is 37.7 Å². The predicted molar refractivity (Wildman–Crippen MR) is 25.0 cm³/mol. The van der Waals surface area contributed by atoms with Crippen LogP contribution in [0.1, 0.15) is 2.85 Å². The fourth-order valence-corrected chi connectivity index (χ4v) is 0. The number of hydrogen-bond donors (Lipinski definition) is 1. The minimum absolute atomic E-state index is 0. The molecule has 0 bridgehead atoms. The molecule has 0 aromatic carbocycles. The van der Waals surface area contributed by atoms with Gasteiger partial charge in [-0.1, -0.05) is 0 Å². The van der Waals surface area contributed by atoms with Gasteiger partial charge in [0.15, 0.2) is 6.19 Å². The maximum Gasteiger partial charge on any atom is 2.00 e. The second kappa shape index (κ2) is 21.1. The summed E-state index contributed by atoms with van der Waals surface area (Å²) in [5.74, 6) is 0. The molecule has 0 spiro atoms. The van der Waals surface area contributed by atoms with Gasteiger partial charge < -0.3 is 8.59 Å². The van der Waals surface area contributed by atoms with Gasteiger partial charge in [0.25, 0.3) is 0 Å². The Bertz CT molecular complexity index is 37.2. The Balaban J connectivity index is -0.00000000333. The van der Waals surface area contributed by atoms with Gasteiger partial charge >= 0.3 is 37.7 Å². The van der Waals surface area contributed by atoms with Gasteiger partial charge in [-0.05, 0) is 0 Å². The Morgan fingerprint density at radius 2 is 1.80 bits per heavy atom. The minimum Gasteiger partial charge on any atom is -1.00 e. The van der Waals surface area contributed by atoms with Crippen LogP contribution in [0.5, 0.6) is 0 Å². The molecular weight excluding hydrogens is 116 g/mol. The first-order valence-electron chi connectivity index (χ1n) is 0.512. The largest absolute Gasteiger partial charge is 2.00 e. The van der Waals surface area contributed by atoms with E-state index in [1.165, 1.54) is 6.19 Å². The molecule has 0 atom stereocenters. The molecule has 0 unspecified atom stereocenters. The Hall–Kier alpha value is 0.840. The van der Waals surface area contributed by atoms with Crippen LogP contribution >= 0.6 is 12.4 Å². The summed E-state index contributed by atoms with van der Waals surface area (Å²) in [5.41, 5.74) is 4.15. The normalized spacial score (nSPS) is 1.40. The van der Waals surface area contributed by atoms with Crippen molar-refractivity contribution in [2.45, 2.75) is 0 Å². The third-order valence-corrected chi connectivity index (χ3v) is 0. The zero-order chi connectivity index (χ0) is 2.71. The van der Waals surface area contributed by atoms with Gasteiger partial charge in [-0.2, -0.15) is 5.26 Å². The Morgan fingerprint density at radius 3 is 1.80 bits per heavy atom. The summed E-state index contributed by atoms with van der Waals surface area (Å²) in [6.45, 7) is 0. The minimum atomic E-state index is 0. The van der Waals surface area contributed by atoms with Crippen molar-refractivity contribution in [3.05, 3.63) is 0 Å². The molecular formula is CH5CaClN2. The first-order valence-corrected chi connectivity index (χ1v) is 0.512. The van der Waals surface area contributed by atoms with E-state index in [4.69, 9.17) is 5.26 Å². The maximum absolute atomic E-state index is 7.10. The van der Waals surface area contributed by atoms with Crippen molar-refractivity contribution in [1.82, 2.24) is 0 Å². The van der Waals surface area contributed by atoms with E-state index in [1.807, 2.05) is 0 Å². The number of nitriles is 1. The van der Waals surface area contributed by atoms with Crippen molar-refractivity contribution in [3.8, 4) is 6.19 Å². The van der Waals surface area contributed by atoms with Crippen LogP contribution in [0.2, 0.25) is 0 Å². The average Bonchev–Trinajstić information content (AvgIpc) is 0.918. The van der Waals surface area contributed by atoms with E-state index in [0.29, 0.717) is 0 Å². The molecule has 0 aliphatic rings. The van der Waals surface area contributed by atoms with E-state index in [0.717, 1.165) is 0 Å². The third-order valence-electron chi connectivity index (χ3n) is 0. The van der Waals surface area contributed by atoms with Gasteiger partial charge in [0.1, 0.15) is 0 Å². The molecule has 0 rings (SSSR count). The molecule has 0 fully saturated rings. The van der Waals surface area contributed by atoms with Crippen molar-refractivity contribution in [3.63, 3.8) is 0 Å². The van der Waals surface area contributed by atoms with Crippen LogP contribution in [0.3, 0.4) is 0 Å². The van der Waals surface area contributed by atoms with Crippen molar-refractivity contribution in [1.29, 1.82) is 5.26 Å². The second-order valence-corrected chi connectivity index (χ2v) is 0.129. The quantitative estimate of drug-likeness (QED) is 0.271. The van der Waals surface area contributed by atoms with Crippen LogP contribution in [0, 0.1) is 11.5 Å². The molecule has 0 amide bonds.